The van der Waals surface area contributed by atoms with Gasteiger partial charge in [0.25, 0.3) is 0 Å². The molecule has 0 saturated carbocycles. The van der Waals surface area contributed by atoms with Crippen molar-refractivity contribution in [3.8, 4) is 0 Å². The molecule has 0 spiro atoms. The molecule has 0 heterocycles. The molecule has 0 nitrogen and oxygen atoms in total. The van der Waals surface area contributed by atoms with Crippen LogP contribution >= 0.6 is 0 Å². The molecule has 0 atom stereocenters. The van der Waals surface area contributed by atoms with Crippen molar-refractivity contribution < 1.29 is 0 Å². The Kier molecular flexibility index (Phi) is 353. The third-order valence-corrected chi connectivity index (χ3v) is 0. The van der Waals surface area contributed by atoms with Gasteiger partial charge in [0, 0.05) is 214 Å². The van der Waals surface area contributed by atoms with Crippen molar-refractivity contribution in [1.82, 2.24) is 0 Å². The summed E-state index contributed by atoms with van der Waals surface area (Å²) in [7, 11) is 0. The molecule has 0 aromatic carbocycles. The average molecular weight is 567 g/mol. The van der Waals surface area contributed by atoms with Crippen LogP contribution in [0.2, 0.25) is 0 Å². The van der Waals surface area contributed by atoms with Crippen LogP contribution < -0.4 is 0 Å². The summed E-state index contributed by atoms with van der Waals surface area (Å²) in [5, 5.41) is 0. The molecule has 0 amide bonds. The van der Waals surface area contributed by atoms with E-state index in [0.717, 1.165) is 0 Å². The second kappa shape index (κ2) is 47.7. The van der Waals surface area contributed by atoms with Crippen molar-refractivity contribution in [2.24, 2.45) is 0 Å². The van der Waals surface area contributed by atoms with Gasteiger partial charge in [-0.25, -0.2) is 0 Å². The normalized spacial score (nSPS) is 0. The Labute approximate surface area is 207 Å². The summed E-state index contributed by atoms with van der Waals surface area (Å²) in [6.45, 7) is 0. The van der Waals surface area contributed by atoms with E-state index < -0.39 is 0 Å². The molecular formula is Na4Sn4. The quantitative estimate of drug-likeness (QED) is 0.274. The van der Waals surface area contributed by atoms with Crippen molar-refractivity contribution in [2.75, 3.05) is 0 Å². The molecule has 0 saturated heterocycles. The van der Waals surface area contributed by atoms with Crippen LogP contribution in [0.4, 0.5) is 0 Å². The van der Waals surface area contributed by atoms with E-state index in [1.54, 1.807) is 0 Å². The first-order valence-corrected chi connectivity index (χ1v) is 0. The Morgan fingerprint density at radius 1 is 0.250 bits per heavy atom. The summed E-state index contributed by atoms with van der Waals surface area (Å²) in [6, 6.07) is 0. The van der Waals surface area contributed by atoms with E-state index in [9.17, 15) is 0 Å². The van der Waals surface area contributed by atoms with Gasteiger partial charge in [0.15, 0.2) is 0 Å². The Balaban J connectivity index is 0. The zero-order valence-electron chi connectivity index (χ0n) is 6.00. The third kappa shape index (κ3) is 37.9. The Morgan fingerprint density at radius 3 is 0.250 bits per heavy atom. The largest absolute Gasteiger partial charge is 0 e. The fraction of sp³-hybridized carbons (Fsp3) is 0. The van der Waals surface area contributed by atoms with Gasteiger partial charge in [0.2, 0.25) is 0 Å². The van der Waals surface area contributed by atoms with Gasteiger partial charge in [-0.1, -0.05) is 0 Å². The van der Waals surface area contributed by atoms with Crippen molar-refractivity contribution in [3.63, 3.8) is 0 Å². The molecule has 0 rings (SSSR count). The third-order valence-electron chi connectivity index (χ3n) is 0. The molecule has 8 heavy (non-hydrogen) atoms. The van der Waals surface area contributed by atoms with Gasteiger partial charge in [0.1, 0.15) is 0 Å². The predicted molar refractivity (Wildman–Crippen MR) is 46.0 cm³/mol. The second-order valence-corrected chi connectivity index (χ2v) is 0. The molecule has 8 heteroatoms. The van der Waals surface area contributed by atoms with E-state index >= 15 is 0 Å². The van der Waals surface area contributed by atoms with Crippen LogP contribution in [0.5, 0.6) is 0 Å². The average Bonchev–Trinajstić information content (AvgIpc) is 0. The van der Waals surface area contributed by atoms with E-state index in [2.05, 4.69) is 0 Å². The molecule has 0 aliphatic carbocycles. The van der Waals surface area contributed by atoms with Crippen LogP contribution in [-0.4, -0.2) is 214 Å². The monoisotopic (exact) mass is 572 g/mol. The molecule has 0 unspecified atom stereocenters. The summed E-state index contributed by atoms with van der Waals surface area (Å²) >= 11 is 0. The van der Waals surface area contributed by atoms with Crippen LogP contribution in [0.1, 0.15) is 0 Å². The fourth-order valence-corrected chi connectivity index (χ4v) is 0. The van der Waals surface area contributed by atoms with Crippen LogP contribution in [0.15, 0.2) is 0 Å². The first kappa shape index (κ1) is 59.1. The van der Waals surface area contributed by atoms with E-state index in [1.807, 2.05) is 0 Å². The maximum absolute atomic E-state index is 0. The number of hydrogen-bond acceptors (Lipinski definition) is 0. The molecular weight excluding hydrogens is 567 g/mol. The summed E-state index contributed by atoms with van der Waals surface area (Å²) in [4.78, 5) is 0. The topological polar surface area (TPSA) is 0 Å². The minimum absolute atomic E-state index is 0. The van der Waals surface area contributed by atoms with E-state index in [1.165, 1.54) is 0 Å². The standard InChI is InChI=1S/4Na.4Sn. The summed E-state index contributed by atoms with van der Waals surface area (Å²) in [5.74, 6) is 0. The van der Waals surface area contributed by atoms with Gasteiger partial charge in [0.05, 0.1) is 0 Å². The number of rotatable bonds is 0. The van der Waals surface area contributed by atoms with Gasteiger partial charge in [-0.15, -0.1) is 0 Å². The predicted octanol–water partition coefficient (Wildman–Crippen LogP) is -3.05. The summed E-state index contributed by atoms with van der Waals surface area (Å²) in [5.41, 5.74) is 0. The molecule has 0 aromatic heterocycles. The van der Waals surface area contributed by atoms with E-state index in [-0.39, 0.29) is 214 Å². The van der Waals surface area contributed by atoms with Gasteiger partial charge in [-0.3, -0.25) is 0 Å². The summed E-state index contributed by atoms with van der Waals surface area (Å²) in [6.07, 6.45) is 0. The van der Waals surface area contributed by atoms with Crippen LogP contribution in [0.3, 0.4) is 0 Å². The van der Waals surface area contributed by atoms with E-state index in [4.69, 9.17) is 0 Å². The molecule has 0 bridgehead atoms. The Hall–Kier alpha value is 7.19. The van der Waals surface area contributed by atoms with Crippen LogP contribution in [0, 0.1) is 0 Å². The first-order chi connectivity index (χ1) is 0. The van der Waals surface area contributed by atoms with Crippen LogP contribution in [0.25, 0.3) is 0 Å². The summed E-state index contributed by atoms with van der Waals surface area (Å²) < 4.78 is 0. The molecule has 0 aromatic rings. The van der Waals surface area contributed by atoms with E-state index in [0.29, 0.717) is 0 Å². The molecule has 20 radical (unpaired) electrons. The van der Waals surface area contributed by atoms with Gasteiger partial charge in [-0.05, 0) is 0 Å². The minimum Gasteiger partial charge on any atom is 0 e. The SMILES string of the molecule is [Na].[Na].[Na].[Na].[Sn].[Sn].[Sn].[Sn]. The van der Waals surface area contributed by atoms with Gasteiger partial charge < -0.3 is 0 Å². The molecule has 20 valence electrons. The molecule has 0 aliphatic heterocycles. The van der Waals surface area contributed by atoms with Crippen molar-refractivity contribution in [1.29, 1.82) is 0 Å². The maximum atomic E-state index is 0. The van der Waals surface area contributed by atoms with Crippen molar-refractivity contribution in [2.45, 2.75) is 0 Å². The maximum Gasteiger partial charge on any atom is 0 e. The van der Waals surface area contributed by atoms with Crippen molar-refractivity contribution >= 4 is 214 Å². The van der Waals surface area contributed by atoms with Crippen molar-refractivity contribution in [3.05, 3.63) is 0 Å². The Bertz CT molecular complexity index is 8.00. The molecule has 0 N–H and O–H groups in total. The zero-order chi connectivity index (χ0) is 0. The fourth-order valence-electron chi connectivity index (χ4n) is 0. The number of hydrogen-bond donors (Lipinski definition) is 0. The first-order valence-electron chi connectivity index (χ1n) is 0. The zero-order valence-corrected chi connectivity index (χ0v) is 25.4. The minimum atomic E-state index is 0. The molecule has 0 fully saturated rings. The molecule has 0 aliphatic rings. The Morgan fingerprint density at radius 2 is 0.250 bits per heavy atom. The van der Waals surface area contributed by atoms with Gasteiger partial charge in [-0.2, -0.15) is 0 Å². The smallest absolute Gasteiger partial charge is 0 e. The van der Waals surface area contributed by atoms with Gasteiger partial charge >= 0.3 is 0 Å². The van der Waals surface area contributed by atoms with Crippen LogP contribution in [-0.2, 0) is 0 Å². The second-order valence-electron chi connectivity index (χ2n) is 0.